The van der Waals surface area contributed by atoms with Crippen LogP contribution in [-0.4, -0.2) is 24.0 Å². The summed E-state index contributed by atoms with van der Waals surface area (Å²) in [6, 6.07) is 9.21. The van der Waals surface area contributed by atoms with E-state index >= 15 is 0 Å². The smallest absolute Gasteiger partial charge is 0.163 e. The van der Waals surface area contributed by atoms with E-state index in [2.05, 4.69) is 5.32 Å². The number of nitrogens with one attached hydrogen (secondary N) is 1. The van der Waals surface area contributed by atoms with Crippen LogP contribution in [0, 0.1) is 0 Å². The van der Waals surface area contributed by atoms with Crippen LogP contribution < -0.4 is 5.32 Å². The van der Waals surface area contributed by atoms with E-state index in [1.807, 2.05) is 37.3 Å². The van der Waals surface area contributed by atoms with Gasteiger partial charge in [0.15, 0.2) is 5.78 Å². The van der Waals surface area contributed by atoms with E-state index in [9.17, 15) is 9.90 Å². The van der Waals surface area contributed by atoms with Crippen molar-refractivity contribution in [1.29, 1.82) is 0 Å². The number of likely N-dealkylation sites (N-methyl/N-ethyl adjacent to an activating group) is 1. The molecule has 16 heavy (non-hydrogen) atoms. The molecule has 1 aromatic rings. The van der Waals surface area contributed by atoms with Gasteiger partial charge in [0.05, 0.1) is 12.1 Å². The highest BCUT2D eigenvalue weighted by Gasteiger charge is 2.12. The number of ketones is 1. The number of hydrogen-bond donors (Lipinski definition) is 2. The fraction of sp³-hybridized carbons (Fsp3) is 0.308. The molecule has 3 heteroatoms. The molecule has 2 N–H and O–H groups in total. The van der Waals surface area contributed by atoms with Crippen LogP contribution in [0.2, 0.25) is 0 Å². The molecule has 0 spiro atoms. The first-order chi connectivity index (χ1) is 7.66. The molecule has 0 bridgehead atoms. The average molecular weight is 219 g/mol. The first kappa shape index (κ1) is 12.5. The minimum atomic E-state index is -0.124. The first-order valence-electron chi connectivity index (χ1n) is 5.36. The third-order valence-corrected chi connectivity index (χ3v) is 2.25. The fourth-order valence-corrected chi connectivity index (χ4v) is 1.51. The molecule has 0 saturated carbocycles. The summed E-state index contributed by atoms with van der Waals surface area (Å²) in [5.74, 6) is -0.0258. The number of hydrogen-bond acceptors (Lipinski definition) is 3. The number of aliphatic hydroxyl groups excluding tert-OH is 1. The normalized spacial score (nSPS) is 12.1. The Bertz CT molecular complexity index is 382. The number of allylic oxidation sites excluding steroid dienone is 1. The number of rotatable bonds is 5. The van der Waals surface area contributed by atoms with Crippen molar-refractivity contribution in [3.8, 4) is 0 Å². The molecule has 0 unspecified atom stereocenters. The predicted molar refractivity (Wildman–Crippen MR) is 65.2 cm³/mol. The summed E-state index contributed by atoms with van der Waals surface area (Å²) in [6.45, 7) is 4.48. The van der Waals surface area contributed by atoms with Gasteiger partial charge in [-0.25, -0.2) is 0 Å². The molecule has 3 nitrogen and oxygen atoms in total. The number of aliphatic hydroxyl groups is 1. The van der Waals surface area contributed by atoms with Gasteiger partial charge >= 0.3 is 0 Å². The first-order valence-corrected chi connectivity index (χ1v) is 5.36. The summed E-state index contributed by atoms with van der Waals surface area (Å²) in [6.07, 6.45) is 0. The highest BCUT2D eigenvalue weighted by atomic mass is 16.3. The van der Waals surface area contributed by atoms with Crippen LogP contribution in [0.4, 0.5) is 0 Å². The van der Waals surface area contributed by atoms with Crippen molar-refractivity contribution >= 4 is 11.4 Å². The van der Waals surface area contributed by atoms with Crippen LogP contribution >= 0.6 is 0 Å². The highest BCUT2D eigenvalue weighted by molar-refractivity contribution is 6.20. The van der Waals surface area contributed by atoms with E-state index in [1.165, 1.54) is 6.92 Å². The molecule has 0 aromatic heterocycles. The summed E-state index contributed by atoms with van der Waals surface area (Å²) < 4.78 is 0. The Morgan fingerprint density at radius 2 is 1.94 bits per heavy atom. The number of carbonyl (C=O) groups is 1. The minimum absolute atomic E-state index is 0.0977. The van der Waals surface area contributed by atoms with E-state index in [1.54, 1.807) is 0 Å². The maximum atomic E-state index is 11.5. The SMILES string of the molecule is CCNC/C(O)=C(/C(C)=O)c1ccccc1. The average Bonchev–Trinajstić information content (AvgIpc) is 2.27. The van der Waals surface area contributed by atoms with Gasteiger partial charge in [-0.05, 0) is 19.0 Å². The van der Waals surface area contributed by atoms with Gasteiger partial charge in [-0.2, -0.15) is 0 Å². The Morgan fingerprint density at radius 1 is 1.31 bits per heavy atom. The fourth-order valence-electron chi connectivity index (χ4n) is 1.51. The zero-order valence-electron chi connectivity index (χ0n) is 9.66. The Hall–Kier alpha value is -1.61. The summed E-state index contributed by atoms with van der Waals surface area (Å²) in [5.41, 5.74) is 1.15. The summed E-state index contributed by atoms with van der Waals surface area (Å²) in [5, 5.41) is 12.9. The zero-order valence-corrected chi connectivity index (χ0v) is 9.66. The topological polar surface area (TPSA) is 49.3 Å². The standard InChI is InChI=1S/C13H17NO2/c1-3-14-9-12(16)13(10(2)15)11-7-5-4-6-8-11/h4-8,14,16H,3,9H2,1-2H3/b13-12+. The quantitative estimate of drug-likeness (QED) is 0.589. The van der Waals surface area contributed by atoms with E-state index in [0.29, 0.717) is 12.1 Å². The number of Topliss-reactive ketones (excluding diaryl/α,β-unsaturated/α-hetero) is 1. The maximum absolute atomic E-state index is 11.5. The highest BCUT2D eigenvalue weighted by Crippen LogP contribution is 2.17. The van der Waals surface area contributed by atoms with Crippen molar-refractivity contribution in [1.82, 2.24) is 5.32 Å². The zero-order chi connectivity index (χ0) is 12.0. The third-order valence-electron chi connectivity index (χ3n) is 2.25. The molecule has 0 aliphatic rings. The lowest BCUT2D eigenvalue weighted by molar-refractivity contribution is -0.111. The Morgan fingerprint density at radius 3 is 2.44 bits per heavy atom. The molecule has 1 rings (SSSR count). The lowest BCUT2D eigenvalue weighted by atomic mass is 10.0. The third kappa shape index (κ3) is 3.21. The van der Waals surface area contributed by atoms with Gasteiger partial charge in [0, 0.05) is 0 Å². The van der Waals surface area contributed by atoms with Crippen LogP contribution in [0.1, 0.15) is 19.4 Å². The van der Waals surface area contributed by atoms with Crippen LogP contribution in [0.15, 0.2) is 36.1 Å². The summed E-state index contributed by atoms with van der Waals surface area (Å²) >= 11 is 0. The lowest BCUT2D eigenvalue weighted by Gasteiger charge is -2.08. The van der Waals surface area contributed by atoms with Crippen LogP contribution in [-0.2, 0) is 4.79 Å². The molecule has 0 saturated heterocycles. The van der Waals surface area contributed by atoms with Crippen molar-refractivity contribution < 1.29 is 9.90 Å². The van der Waals surface area contributed by atoms with Gasteiger partial charge in [-0.3, -0.25) is 4.79 Å². The van der Waals surface area contributed by atoms with Crippen molar-refractivity contribution in [3.63, 3.8) is 0 Å². The van der Waals surface area contributed by atoms with Gasteiger partial charge in [0.25, 0.3) is 0 Å². The second-order valence-corrected chi connectivity index (χ2v) is 3.52. The van der Waals surface area contributed by atoms with Gasteiger partial charge in [0.1, 0.15) is 5.76 Å². The van der Waals surface area contributed by atoms with Crippen molar-refractivity contribution in [3.05, 3.63) is 41.7 Å². The Kier molecular flexibility index (Phi) is 4.73. The van der Waals surface area contributed by atoms with Crippen LogP contribution in [0.3, 0.4) is 0 Å². The number of carbonyl (C=O) groups excluding carboxylic acids is 1. The van der Waals surface area contributed by atoms with E-state index in [-0.39, 0.29) is 11.5 Å². The molecule has 0 atom stereocenters. The maximum Gasteiger partial charge on any atom is 0.163 e. The molecular weight excluding hydrogens is 202 g/mol. The molecule has 0 fully saturated rings. The molecule has 1 aromatic carbocycles. The van der Waals surface area contributed by atoms with Gasteiger partial charge in [-0.1, -0.05) is 37.3 Å². The predicted octanol–water partition coefficient (Wildman–Crippen LogP) is 2.15. The number of benzene rings is 1. The van der Waals surface area contributed by atoms with Crippen LogP contribution in [0.25, 0.3) is 5.57 Å². The molecule has 0 radical (unpaired) electrons. The lowest BCUT2D eigenvalue weighted by Crippen LogP contribution is -2.18. The Labute approximate surface area is 95.8 Å². The molecule has 86 valence electrons. The molecular formula is C13H17NO2. The second-order valence-electron chi connectivity index (χ2n) is 3.52. The van der Waals surface area contributed by atoms with Gasteiger partial charge in [0.2, 0.25) is 0 Å². The summed E-state index contributed by atoms with van der Waals surface area (Å²) in [7, 11) is 0. The van der Waals surface area contributed by atoms with E-state index in [4.69, 9.17) is 0 Å². The van der Waals surface area contributed by atoms with E-state index in [0.717, 1.165) is 12.1 Å². The molecule has 0 heterocycles. The monoisotopic (exact) mass is 219 g/mol. The van der Waals surface area contributed by atoms with Gasteiger partial charge < -0.3 is 10.4 Å². The Balaban J connectivity index is 3.04. The van der Waals surface area contributed by atoms with Crippen molar-refractivity contribution in [2.45, 2.75) is 13.8 Å². The van der Waals surface area contributed by atoms with Crippen molar-refractivity contribution in [2.75, 3.05) is 13.1 Å². The van der Waals surface area contributed by atoms with Gasteiger partial charge in [-0.15, -0.1) is 0 Å². The van der Waals surface area contributed by atoms with Crippen LogP contribution in [0.5, 0.6) is 0 Å². The second kappa shape index (κ2) is 6.08. The van der Waals surface area contributed by atoms with Crippen molar-refractivity contribution in [2.24, 2.45) is 0 Å². The largest absolute Gasteiger partial charge is 0.510 e. The minimum Gasteiger partial charge on any atom is -0.510 e. The molecule has 0 aliphatic heterocycles. The van der Waals surface area contributed by atoms with E-state index < -0.39 is 0 Å². The molecule has 0 amide bonds. The molecule has 0 aliphatic carbocycles. The summed E-state index contributed by atoms with van der Waals surface area (Å²) in [4.78, 5) is 11.5.